The Hall–Kier alpha value is -1.70. The zero-order chi connectivity index (χ0) is 13.9. The third kappa shape index (κ3) is 4.16. The fraction of sp³-hybridized carbons (Fsp3) is 0.0833. The summed E-state index contributed by atoms with van der Waals surface area (Å²) >= 11 is 1.35. The molecule has 1 heterocycles. The number of carbonyl (C=O) groups is 1. The van der Waals surface area contributed by atoms with Gasteiger partial charge in [0.25, 0.3) is 5.91 Å². The third-order valence-corrected chi connectivity index (χ3v) is 3.93. The molecule has 0 aliphatic rings. The highest BCUT2D eigenvalue weighted by Gasteiger charge is 2.08. The van der Waals surface area contributed by atoms with Gasteiger partial charge >= 0.3 is 0 Å². The standard InChI is InChI=1S/C12H12N2O3S2/c13-19(16,17)8-9-3-5-10(6-4-9)14-12(15)11-2-1-7-18-11/h1-7H,8H2,(H,14,15)(H2,13,16,17). The molecule has 0 bridgehead atoms. The lowest BCUT2D eigenvalue weighted by atomic mass is 10.2. The van der Waals surface area contributed by atoms with Crippen LogP contribution >= 0.6 is 11.3 Å². The number of amides is 1. The maximum absolute atomic E-state index is 11.8. The molecule has 0 atom stereocenters. The van der Waals surface area contributed by atoms with Gasteiger partial charge in [-0.3, -0.25) is 4.79 Å². The number of primary sulfonamides is 1. The fourth-order valence-corrected chi connectivity index (χ4v) is 2.79. The molecule has 0 aliphatic heterocycles. The summed E-state index contributed by atoms with van der Waals surface area (Å²) in [7, 11) is -3.53. The van der Waals surface area contributed by atoms with Gasteiger partial charge in [-0.25, -0.2) is 13.6 Å². The molecule has 100 valence electrons. The molecule has 0 radical (unpaired) electrons. The van der Waals surface area contributed by atoms with Gasteiger partial charge in [-0.2, -0.15) is 0 Å². The van der Waals surface area contributed by atoms with Crippen LogP contribution in [0.25, 0.3) is 0 Å². The molecule has 7 heteroatoms. The summed E-state index contributed by atoms with van der Waals surface area (Å²) in [5, 5.41) is 9.50. The fourth-order valence-electron chi connectivity index (χ4n) is 1.52. The van der Waals surface area contributed by atoms with E-state index in [4.69, 9.17) is 5.14 Å². The summed E-state index contributed by atoms with van der Waals surface area (Å²) < 4.78 is 21.9. The first-order chi connectivity index (χ1) is 8.94. The second-order valence-electron chi connectivity index (χ2n) is 3.94. The van der Waals surface area contributed by atoms with Crippen LogP contribution in [0.15, 0.2) is 41.8 Å². The van der Waals surface area contributed by atoms with Crippen LogP contribution in [-0.2, 0) is 15.8 Å². The molecular formula is C12H12N2O3S2. The first-order valence-electron chi connectivity index (χ1n) is 5.38. The Morgan fingerprint density at radius 3 is 2.42 bits per heavy atom. The molecule has 19 heavy (non-hydrogen) atoms. The van der Waals surface area contributed by atoms with Crippen molar-refractivity contribution >= 4 is 33.0 Å². The number of nitrogens with two attached hydrogens (primary N) is 1. The average molecular weight is 296 g/mol. The minimum absolute atomic E-state index is 0.186. The zero-order valence-electron chi connectivity index (χ0n) is 9.87. The Kier molecular flexibility index (Phi) is 3.98. The number of rotatable bonds is 4. The van der Waals surface area contributed by atoms with Crippen molar-refractivity contribution < 1.29 is 13.2 Å². The topological polar surface area (TPSA) is 89.3 Å². The van der Waals surface area contributed by atoms with Gasteiger partial charge in [-0.05, 0) is 29.1 Å². The van der Waals surface area contributed by atoms with E-state index in [1.807, 2.05) is 5.38 Å². The number of nitrogens with one attached hydrogen (secondary N) is 1. The van der Waals surface area contributed by atoms with Crippen molar-refractivity contribution in [2.24, 2.45) is 5.14 Å². The van der Waals surface area contributed by atoms with E-state index in [2.05, 4.69) is 5.32 Å². The largest absolute Gasteiger partial charge is 0.321 e. The average Bonchev–Trinajstić information content (AvgIpc) is 2.83. The number of sulfonamides is 1. The van der Waals surface area contributed by atoms with E-state index in [1.54, 1.807) is 36.4 Å². The van der Waals surface area contributed by atoms with E-state index in [-0.39, 0.29) is 11.7 Å². The molecule has 0 fully saturated rings. The van der Waals surface area contributed by atoms with Crippen LogP contribution in [0.2, 0.25) is 0 Å². The van der Waals surface area contributed by atoms with E-state index in [9.17, 15) is 13.2 Å². The lowest BCUT2D eigenvalue weighted by Crippen LogP contribution is -2.14. The minimum atomic E-state index is -3.53. The molecule has 0 aliphatic carbocycles. The summed E-state index contributed by atoms with van der Waals surface area (Å²) in [6.07, 6.45) is 0. The molecule has 5 nitrogen and oxygen atoms in total. The molecular weight excluding hydrogens is 284 g/mol. The van der Waals surface area contributed by atoms with Crippen molar-refractivity contribution in [3.05, 3.63) is 52.2 Å². The zero-order valence-corrected chi connectivity index (χ0v) is 11.5. The Balaban J connectivity index is 2.05. The van der Waals surface area contributed by atoms with Crippen LogP contribution in [-0.4, -0.2) is 14.3 Å². The molecule has 2 aromatic rings. The number of hydrogen-bond acceptors (Lipinski definition) is 4. The summed E-state index contributed by atoms with van der Waals surface area (Å²) in [5.41, 5.74) is 1.19. The quantitative estimate of drug-likeness (QED) is 0.901. The van der Waals surface area contributed by atoms with Crippen molar-refractivity contribution in [2.75, 3.05) is 5.32 Å². The van der Waals surface area contributed by atoms with Gasteiger partial charge < -0.3 is 5.32 Å². The lowest BCUT2D eigenvalue weighted by molar-refractivity contribution is 0.103. The van der Waals surface area contributed by atoms with Gasteiger partial charge in [0.05, 0.1) is 10.6 Å². The number of carbonyl (C=O) groups excluding carboxylic acids is 1. The Labute approximate surface area is 115 Å². The number of thiophene rings is 1. The predicted octanol–water partition coefficient (Wildman–Crippen LogP) is 1.79. The van der Waals surface area contributed by atoms with E-state index >= 15 is 0 Å². The van der Waals surface area contributed by atoms with Gasteiger partial charge in [0.15, 0.2) is 0 Å². The summed E-state index contributed by atoms with van der Waals surface area (Å²) in [5.74, 6) is -0.402. The van der Waals surface area contributed by atoms with Crippen molar-refractivity contribution in [1.82, 2.24) is 0 Å². The van der Waals surface area contributed by atoms with Crippen molar-refractivity contribution in [3.63, 3.8) is 0 Å². The maximum Gasteiger partial charge on any atom is 0.265 e. The first-order valence-corrected chi connectivity index (χ1v) is 7.98. The Morgan fingerprint density at radius 2 is 1.89 bits per heavy atom. The van der Waals surface area contributed by atoms with Crippen LogP contribution in [0, 0.1) is 0 Å². The van der Waals surface area contributed by atoms with Crippen LogP contribution < -0.4 is 10.5 Å². The lowest BCUT2D eigenvalue weighted by Gasteiger charge is -2.05. The smallest absolute Gasteiger partial charge is 0.265 e. The minimum Gasteiger partial charge on any atom is -0.321 e. The normalized spacial score (nSPS) is 11.2. The highest BCUT2D eigenvalue weighted by molar-refractivity contribution is 7.88. The molecule has 3 N–H and O–H groups in total. The SMILES string of the molecule is NS(=O)(=O)Cc1ccc(NC(=O)c2cccs2)cc1. The third-order valence-electron chi connectivity index (χ3n) is 2.32. The predicted molar refractivity (Wildman–Crippen MR) is 75.5 cm³/mol. The van der Waals surface area contributed by atoms with Gasteiger partial charge in [-0.15, -0.1) is 11.3 Å². The molecule has 0 spiro atoms. The van der Waals surface area contributed by atoms with E-state index in [0.29, 0.717) is 16.1 Å². The molecule has 2 rings (SSSR count). The summed E-state index contributed by atoms with van der Waals surface area (Å²) in [6.45, 7) is 0. The van der Waals surface area contributed by atoms with Crippen molar-refractivity contribution in [3.8, 4) is 0 Å². The van der Waals surface area contributed by atoms with Crippen molar-refractivity contribution in [1.29, 1.82) is 0 Å². The second kappa shape index (κ2) is 5.52. The van der Waals surface area contributed by atoms with Crippen LogP contribution in [0.4, 0.5) is 5.69 Å². The highest BCUT2D eigenvalue weighted by Crippen LogP contribution is 2.14. The molecule has 0 unspecified atom stereocenters. The Bertz CT molecular complexity index is 662. The molecule has 0 saturated heterocycles. The highest BCUT2D eigenvalue weighted by atomic mass is 32.2. The number of hydrogen-bond donors (Lipinski definition) is 2. The summed E-state index contributed by atoms with van der Waals surface area (Å²) in [6, 6.07) is 10.1. The number of benzene rings is 1. The monoisotopic (exact) mass is 296 g/mol. The van der Waals surface area contributed by atoms with E-state index < -0.39 is 10.0 Å². The molecule has 1 aromatic heterocycles. The van der Waals surface area contributed by atoms with Crippen LogP contribution in [0.3, 0.4) is 0 Å². The van der Waals surface area contributed by atoms with E-state index in [1.165, 1.54) is 11.3 Å². The van der Waals surface area contributed by atoms with Gasteiger partial charge in [0.1, 0.15) is 0 Å². The van der Waals surface area contributed by atoms with E-state index in [0.717, 1.165) is 0 Å². The van der Waals surface area contributed by atoms with Gasteiger partial charge in [-0.1, -0.05) is 18.2 Å². The molecule has 1 aromatic carbocycles. The number of anilines is 1. The maximum atomic E-state index is 11.8. The van der Waals surface area contributed by atoms with Crippen LogP contribution in [0.1, 0.15) is 15.2 Å². The second-order valence-corrected chi connectivity index (χ2v) is 6.50. The van der Waals surface area contributed by atoms with Gasteiger partial charge in [0, 0.05) is 5.69 Å². The Morgan fingerprint density at radius 1 is 1.21 bits per heavy atom. The molecule has 0 saturated carbocycles. The van der Waals surface area contributed by atoms with Crippen molar-refractivity contribution in [2.45, 2.75) is 5.75 Å². The van der Waals surface area contributed by atoms with Gasteiger partial charge in [0.2, 0.25) is 10.0 Å². The summed E-state index contributed by atoms with van der Waals surface area (Å²) in [4.78, 5) is 12.4. The molecule has 1 amide bonds. The first kappa shape index (κ1) is 13.7. The van der Waals surface area contributed by atoms with Crippen LogP contribution in [0.5, 0.6) is 0 Å².